The van der Waals surface area contributed by atoms with Crippen molar-refractivity contribution >= 4 is 52.4 Å². The average Bonchev–Trinajstić information content (AvgIpc) is 3.10. The smallest absolute Gasteiger partial charge is 0.338 e. The van der Waals surface area contributed by atoms with Gasteiger partial charge < -0.3 is 9.30 Å². The lowest BCUT2D eigenvalue weighted by molar-refractivity contribution is 0.0255. The van der Waals surface area contributed by atoms with Crippen LogP contribution in [0.5, 0.6) is 0 Å². The van der Waals surface area contributed by atoms with Crippen molar-refractivity contribution in [1.82, 2.24) is 9.55 Å². The highest BCUT2D eigenvalue weighted by molar-refractivity contribution is 6.42. The molecule has 0 fully saturated rings. The summed E-state index contributed by atoms with van der Waals surface area (Å²) in [5.74, 6) is -0.542. The molecule has 134 valence electrons. The number of hydrogen-bond acceptors (Lipinski definition) is 3. The number of benzene rings is 2. The summed E-state index contributed by atoms with van der Waals surface area (Å²) in [7, 11) is 0. The number of carbonyl (C=O) groups excluding carboxylic acids is 1. The molecule has 0 spiro atoms. The molecule has 4 nitrogen and oxygen atoms in total. The third-order valence-electron chi connectivity index (χ3n) is 3.65. The summed E-state index contributed by atoms with van der Waals surface area (Å²) in [5, 5.41) is 1.54. The Labute approximate surface area is 170 Å². The van der Waals surface area contributed by atoms with Gasteiger partial charge in [-0.2, -0.15) is 0 Å². The molecule has 8 heteroatoms. The molecule has 0 bridgehead atoms. The zero-order valence-electron chi connectivity index (χ0n) is 13.2. The van der Waals surface area contributed by atoms with Crippen molar-refractivity contribution in [2.24, 2.45) is 0 Å². The number of rotatable bonds is 5. The van der Waals surface area contributed by atoms with Gasteiger partial charge in [-0.3, -0.25) is 0 Å². The summed E-state index contributed by atoms with van der Waals surface area (Å²) in [6.07, 6.45) is 4.39. The first kappa shape index (κ1) is 19.1. The SMILES string of the molecule is O=C(OC(Cn1ccnc1)c1ccc(Cl)cc1Cl)c1ccc(Cl)c(Cl)c1. The summed E-state index contributed by atoms with van der Waals surface area (Å²) < 4.78 is 7.48. The van der Waals surface area contributed by atoms with Gasteiger partial charge in [-0.1, -0.05) is 52.5 Å². The van der Waals surface area contributed by atoms with Crippen LogP contribution in [0.2, 0.25) is 20.1 Å². The van der Waals surface area contributed by atoms with Crippen LogP contribution < -0.4 is 0 Å². The molecule has 0 saturated heterocycles. The molecule has 0 amide bonds. The third kappa shape index (κ3) is 4.51. The monoisotopic (exact) mass is 428 g/mol. The van der Waals surface area contributed by atoms with E-state index in [1.54, 1.807) is 53.6 Å². The van der Waals surface area contributed by atoms with Gasteiger partial charge in [-0.15, -0.1) is 0 Å². The van der Waals surface area contributed by atoms with Crippen LogP contribution in [0.1, 0.15) is 22.0 Å². The van der Waals surface area contributed by atoms with Crippen molar-refractivity contribution in [2.45, 2.75) is 12.6 Å². The summed E-state index contributed by atoms with van der Waals surface area (Å²) in [6.45, 7) is 0.342. The predicted octanol–water partition coefficient (Wildman–Crippen LogP) is 6.10. The van der Waals surface area contributed by atoms with Crippen LogP contribution in [-0.2, 0) is 11.3 Å². The Kier molecular flexibility index (Phi) is 6.09. The van der Waals surface area contributed by atoms with Crippen molar-refractivity contribution in [3.63, 3.8) is 0 Å². The molecule has 1 aromatic heterocycles. The highest BCUT2D eigenvalue weighted by Gasteiger charge is 2.22. The Morgan fingerprint density at radius 2 is 1.85 bits per heavy atom. The van der Waals surface area contributed by atoms with Gasteiger partial charge in [0, 0.05) is 28.0 Å². The Morgan fingerprint density at radius 3 is 2.50 bits per heavy atom. The fourth-order valence-corrected chi connectivity index (χ4v) is 3.20. The van der Waals surface area contributed by atoms with E-state index in [0.29, 0.717) is 32.7 Å². The first-order chi connectivity index (χ1) is 12.4. The fraction of sp³-hybridized carbons (Fsp3) is 0.111. The van der Waals surface area contributed by atoms with E-state index in [2.05, 4.69) is 4.98 Å². The number of aromatic nitrogens is 2. The van der Waals surface area contributed by atoms with Crippen LogP contribution in [0.4, 0.5) is 0 Å². The van der Waals surface area contributed by atoms with Gasteiger partial charge in [0.1, 0.15) is 6.10 Å². The van der Waals surface area contributed by atoms with Gasteiger partial charge in [0.05, 0.1) is 28.5 Å². The Balaban J connectivity index is 1.89. The Bertz CT molecular complexity index is 929. The number of hydrogen-bond donors (Lipinski definition) is 0. The second kappa shape index (κ2) is 8.31. The Morgan fingerprint density at radius 1 is 1.04 bits per heavy atom. The van der Waals surface area contributed by atoms with Crippen molar-refractivity contribution in [2.75, 3.05) is 0 Å². The van der Waals surface area contributed by atoms with Crippen LogP contribution in [-0.4, -0.2) is 15.5 Å². The van der Waals surface area contributed by atoms with Crippen molar-refractivity contribution < 1.29 is 9.53 Å². The molecular formula is C18H12Cl4N2O2. The summed E-state index contributed by atoms with van der Waals surface area (Å²) in [4.78, 5) is 16.6. The van der Waals surface area contributed by atoms with E-state index in [4.69, 9.17) is 51.1 Å². The molecule has 0 N–H and O–H groups in total. The van der Waals surface area contributed by atoms with Gasteiger partial charge >= 0.3 is 5.97 Å². The molecule has 0 radical (unpaired) electrons. The number of esters is 1. The molecule has 0 saturated carbocycles. The topological polar surface area (TPSA) is 44.1 Å². The summed E-state index contributed by atoms with van der Waals surface area (Å²) >= 11 is 24.1. The first-order valence-electron chi connectivity index (χ1n) is 7.51. The molecule has 26 heavy (non-hydrogen) atoms. The number of carbonyl (C=O) groups is 1. The predicted molar refractivity (Wildman–Crippen MR) is 103 cm³/mol. The van der Waals surface area contributed by atoms with E-state index in [9.17, 15) is 4.79 Å². The van der Waals surface area contributed by atoms with Gasteiger partial charge in [-0.05, 0) is 30.3 Å². The number of imidazole rings is 1. The molecule has 1 atom stereocenters. The normalized spacial score (nSPS) is 12.0. The van der Waals surface area contributed by atoms with Crippen LogP contribution in [0.15, 0.2) is 55.1 Å². The van der Waals surface area contributed by atoms with E-state index in [0.717, 1.165) is 0 Å². The van der Waals surface area contributed by atoms with Crippen molar-refractivity contribution in [1.29, 1.82) is 0 Å². The molecule has 0 aliphatic carbocycles. The van der Waals surface area contributed by atoms with Crippen molar-refractivity contribution in [3.8, 4) is 0 Å². The first-order valence-corrected chi connectivity index (χ1v) is 9.02. The van der Waals surface area contributed by atoms with Crippen LogP contribution in [0.3, 0.4) is 0 Å². The standard InChI is InChI=1S/C18H12Cl4N2O2/c19-12-2-3-13(15(21)8-12)17(9-24-6-5-23-10-24)26-18(25)11-1-4-14(20)16(22)7-11/h1-8,10,17H,9H2. The largest absolute Gasteiger partial charge is 0.452 e. The van der Waals surface area contributed by atoms with Crippen LogP contribution in [0, 0.1) is 0 Å². The highest BCUT2D eigenvalue weighted by atomic mass is 35.5. The fourth-order valence-electron chi connectivity index (χ4n) is 2.37. The minimum Gasteiger partial charge on any atom is -0.452 e. The van der Waals surface area contributed by atoms with Crippen molar-refractivity contribution in [3.05, 3.63) is 86.3 Å². The molecule has 0 aliphatic heterocycles. The Hall–Kier alpha value is -1.72. The van der Waals surface area contributed by atoms with Gasteiger partial charge in [0.2, 0.25) is 0 Å². The number of ether oxygens (including phenoxy) is 1. The van der Waals surface area contributed by atoms with E-state index in [1.165, 1.54) is 6.07 Å². The zero-order chi connectivity index (χ0) is 18.7. The minimum absolute atomic E-state index is 0.275. The van der Waals surface area contributed by atoms with Crippen LogP contribution >= 0.6 is 46.4 Å². The maximum Gasteiger partial charge on any atom is 0.338 e. The molecule has 3 aromatic rings. The quantitative estimate of drug-likeness (QED) is 0.460. The molecule has 1 unspecified atom stereocenters. The van der Waals surface area contributed by atoms with E-state index in [1.807, 2.05) is 0 Å². The lowest BCUT2D eigenvalue weighted by Gasteiger charge is -2.20. The molecular weight excluding hydrogens is 418 g/mol. The molecule has 3 rings (SSSR count). The number of nitrogens with zero attached hydrogens (tertiary/aromatic N) is 2. The van der Waals surface area contributed by atoms with E-state index in [-0.39, 0.29) is 5.02 Å². The average molecular weight is 430 g/mol. The van der Waals surface area contributed by atoms with Gasteiger partial charge in [-0.25, -0.2) is 9.78 Å². The summed E-state index contributed by atoms with van der Waals surface area (Å²) in [6, 6.07) is 9.58. The minimum atomic E-state index is -0.643. The van der Waals surface area contributed by atoms with Gasteiger partial charge in [0.15, 0.2) is 0 Å². The lowest BCUT2D eigenvalue weighted by atomic mass is 10.1. The number of halogens is 4. The molecule has 0 aliphatic rings. The van der Waals surface area contributed by atoms with E-state index >= 15 is 0 Å². The lowest BCUT2D eigenvalue weighted by Crippen LogP contribution is -2.17. The molecule has 2 aromatic carbocycles. The third-order valence-corrected chi connectivity index (χ3v) is 4.95. The van der Waals surface area contributed by atoms with E-state index < -0.39 is 12.1 Å². The van der Waals surface area contributed by atoms with Crippen LogP contribution in [0.25, 0.3) is 0 Å². The maximum atomic E-state index is 12.6. The molecule has 1 heterocycles. The highest BCUT2D eigenvalue weighted by Crippen LogP contribution is 2.31. The second-order valence-electron chi connectivity index (χ2n) is 5.45. The van der Waals surface area contributed by atoms with Gasteiger partial charge in [0.25, 0.3) is 0 Å². The summed E-state index contributed by atoms with van der Waals surface area (Å²) in [5.41, 5.74) is 0.929. The maximum absolute atomic E-state index is 12.6. The second-order valence-corrected chi connectivity index (χ2v) is 7.11. The zero-order valence-corrected chi connectivity index (χ0v) is 16.2.